The number of nitrogens with zero attached hydrogens (tertiary/aromatic N) is 1. The molecule has 0 aliphatic heterocycles. The van der Waals surface area contributed by atoms with Gasteiger partial charge in [-0.3, -0.25) is 0 Å². The van der Waals surface area contributed by atoms with Crippen LogP contribution in [0.25, 0.3) is 0 Å². The molecular weight excluding hydrogens is 136 g/mol. The van der Waals surface area contributed by atoms with Gasteiger partial charge in [0, 0.05) is 12.6 Å². The van der Waals surface area contributed by atoms with E-state index in [1.54, 1.807) is 0 Å². The van der Waals surface area contributed by atoms with Gasteiger partial charge in [-0.2, -0.15) is 0 Å². The number of hydrogen-bond acceptors (Lipinski definition) is 2. The third-order valence-electron chi connectivity index (χ3n) is 2.01. The van der Waals surface area contributed by atoms with E-state index in [1.165, 1.54) is 12.8 Å². The fourth-order valence-corrected chi connectivity index (χ4v) is 1.14. The van der Waals surface area contributed by atoms with E-state index in [0.717, 1.165) is 13.1 Å². The van der Waals surface area contributed by atoms with Gasteiger partial charge in [-0.15, -0.1) is 0 Å². The summed E-state index contributed by atoms with van der Waals surface area (Å²) in [5, 5.41) is 3.43. The molecule has 0 heterocycles. The van der Waals surface area contributed by atoms with Crippen LogP contribution in [0.3, 0.4) is 0 Å². The van der Waals surface area contributed by atoms with Crippen LogP contribution in [0.4, 0.5) is 0 Å². The van der Waals surface area contributed by atoms with Gasteiger partial charge in [0.1, 0.15) is 0 Å². The molecule has 0 radical (unpaired) electrons. The summed E-state index contributed by atoms with van der Waals surface area (Å²) < 4.78 is 0. The van der Waals surface area contributed by atoms with Gasteiger partial charge in [-0.1, -0.05) is 13.8 Å². The second-order valence-electron chi connectivity index (χ2n) is 3.23. The monoisotopic (exact) mass is 158 g/mol. The second-order valence-corrected chi connectivity index (χ2v) is 3.23. The van der Waals surface area contributed by atoms with E-state index >= 15 is 0 Å². The summed E-state index contributed by atoms with van der Waals surface area (Å²) in [4.78, 5) is 2.28. The van der Waals surface area contributed by atoms with Crippen LogP contribution in [0, 0.1) is 0 Å². The molecule has 0 aromatic rings. The SMILES string of the molecule is CCCNC[C@H](CC)N(C)C. The molecule has 0 fully saturated rings. The van der Waals surface area contributed by atoms with E-state index in [1.807, 2.05) is 0 Å². The summed E-state index contributed by atoms with van der Waals surface area (Å²) >= 11 is 0. The largest absolute Gasteiger partial charge is 0.315 e. The van der Waals surface area contributed by atoms with Crippen molar-refractivity contribution < 1.29 is 0 Å². The zero-order chi connectivity index (χ0) is 8.69. The quantitative estimate of drug-likeness (QED) is 0.587. The highest BCUT2D eigenvalue weighted by Gasteiger charge is 2.06. The third-order valence-corrected chi connectivity index (χ3v) is 2.01. The maximum Gasteiger partial charge on any atom is 0.0211 e. The molecule has 11 heavy (non-hydrogen) atoms. The first kappa shape index (κ1) is 10.9. The molecule has 2 heteroatoms. The minimum atomic E-state index is 0.696. The molecule has 0 saturated heterocycles. The smallest absolute Gasteiger partial charge is 0.0211 e. The average molecular weight is 158 g/mol. The highest BCUT2D eigenvalue weighted by atomic mass is 15.1. The predicted octanol–water partition coefficient (Wildman–Crippen LogP) is 1.33. The van der Waals surface area contributed by atoms with Gasteiger partial charge in [0.05, 0.1) is 0 Å². The van der Waals surface area contributed by atoms with E-state index in [2.05, 4.69) is 38.2 Å². The highest BCUT2D eigenvalue weighted by molar-refractivity contribution is 4.66. The van der Waals surface area contributed by atoms with Crippen LogP contribution >= 0.6 is 0 Å². The average Bonchev–Trinajstić information content (AvgIpc) is 1.97. The molecule has 0 bridgehead atoms. The van der Waals surface area contributed by atoms with E-state index in [4.69, 9.17) is 0 Å². The number of nitrogens with one attached hydrogen (secondary N) is 1. The Morgan fingerprint density at radius 3 is 2.27 bits per heavy atom. The van der Waals surface area contributed by atoms with Crippen molar-refractivity contribution in [3.63, 3.8) is 0 Å². The molecule has 68 valence electrons. The van der Waals surface area contributed by atoms with Crippen molar-refractivity contribution in [1.29, 1.82) is 0 Å². The summed E-state index contributed by atoms with van der Waals surface area (Å²) in [6, 6.07) is 0.696. The Bertz CT molecular complexity index is 81.6. The van der Waals surface area contributed by atoms with Crippen molar-refractivity contribution in [1.82, 2.24) is 10.2 Å². The Morgan fingerprint density at radius 1 is 1.27 bits per heavy atom. The lowest BCUT2D eigenvalue weighted by Crippen LogP contribution is -2.37. The molecule has 0 spiro atoms. The summed E-state index contributed by atoms with van der Waals surface area (Å²) in [5.41, 5.74) is 0. The Balaban J connectivity index is 3.36. The van der Waals surface area contributed by atoms with Crippen LogP contribution in [0.2, 0.25) is 0 Å². The number of rotatable bonds is 6. The van der Waals surface area contributed by atoms with Crippen molar-refractivity contribution in [2.75, 3.05) is 27.2 Å². The molecule has 0 aliphatic rings. The summed E-state index contributed by atoms with van der Waals surface area (Å²) in [6.07, 6.45) is 2.45. The van der Waals surface area contributed by atoms with Crippen LogP contribution in [0.5, 0.6) is 0 Å². The lowest BCUT2D eigenvalue weighted by Gasteiger charge is -2.22. The number of hydrogen-bond donors (Lipinski definition) is 1. The zero-order valence-corrected chi connectivity index (χ0v) is 8.35. The summed E-state index contributed by atoms with van der Waals surface area (Å²) in [6.45, 7) is 6.70. The maximum absolute atomic E-state index is 3.43. The highest BCUT2D eigenvalue weighted by Crippen LogP contribution is 1.96. The maximum atomic E-state index is 3.43. The Labute approximate surface area is 71.0 Å². The molecule has 1 atom stereocenters. The van der Waals surface area contributed by atoms with Crippen LogP contribution in [0.15, 0.2) is 0 Å². The summed E-state index contributed by atoms with van der Waals surface area (Å²) in [5.74, 6) is 0. The van der Waals surface area contributed by atoms with Gasteiger partial charge >= 0.3 is 0 Å². The zero-order valence-electron chi connectivity index (χ0n) is 8.35. The normalized spacial score (nSPS) is 13.9. The van der Waals surface area contributed by atoms with E-state index in [9.17, 15) is 0 Å². The van der Waals surface area contributed by atoms with Gasteiger partial charge in [-0.25, -0.2) is 0 Å². The van der Waals surface area contributed by atoms with Crippen molar-refractivity contribution in [3.05, 3.63) is 0 Å². The van der Waals surface area contributed by atoms with E-state index in [0.29, 0.717) is 6.04 Å². The lowest BCUT2D eigenvalue weighted by atomic mass is 10.2. The van der Waals surface area contributed by atoms with Crippen LogP contribution in [-0.4, -0.2) is 38.1 Å². The minimum absolute atomic E-state index is 0.696. The van der Waals surface area contributed by atoms with Gasteiger partial charge in [0.15, 0.2) is 0 Å². The molecule has 2 nitrogen and oxygen atoms in total. The Hall–Kier alpha value is -0.0800. The van der Waals surface area contributed by atoms with E-state index < -0.39 is 0 Å². The molecule has 0 unspecified atom stereocenters. The molecular formula is C9H22N2. The first-order chi connectivity index (χ1) is 5.22. The molecule has 0 amide bonds. The molecule has 0 saturated carbocycles. The fourth-order valence-electron chi connectivity index (χ4n) is 1.14. The van der Waals surface area contributed by atoms with Crippen LogP contribution < -0.4 is 5.32 Å². The Kier molecular flexibility index (Phi) is 6.57. The molecule has 0 rings (SSSR count). The van der Waals surface area contributed by atoms with E-state index in [-0.39, 0.29) is 0 Å². The fraction of sp³-hybridized carbons (Fsp3) is 1.00. The first-order valence-electron chi connectivity index (χ1n) is 4.59. The van der Waals surface area contributed by atoms with Crippen LogP contribution in [0.1, 0.15) is 26.7 Å². The third kappa shape index (κ3) is 5.22. The van der Waals surface area contributed by atoms with Crippen LogP contribution in [-0.2, 0) is 0 Å². The standard InChI is InChI=1S/C9H22N2/c1-5-7-10-8-9(6-2)11(3)4/h9-10H,5-8H2,1-4H3/t9-/m0/s1. The minimum Gasteiger partial charge on any atom is -0.315 e. The van der Waals surface area contributed by atoms with Gasteiger partial charge < -0.3 is 10.2 Å². The van der Waals surface area contributed by atoms with Gasteiger partial charge in [0.2, 0.25) is 0 Å². The first-order valence-corrected chi connectivity index (χ1v) is 4.59. The molecule has 0 aliphatic carbocycles. The molecule has 0 aromatic carbocycles. The Morgan fingerprint density at radius 2 is 1.91 bits per heavy atom. The van der Waals surface area contributed by atoms with Crippen molar-refractivity contribution in [3.8, 4) is 0 Å². The van der Waals surface area contributed by atoms with Gasteiger partial charge in [0.25, 0.3) is 0 Å². The number of likely N-dealkylation sites (N-methyl/N-ethyl adjacent to an activating group) is 1. The molecule has 0 aromatic heterocycles. The van der Waals surface area contributed by atoms with Crippen molar-refractivity contribution >= 4 is 0 Å². The lowest BCUT2D eigenvalue weighted by molar-refractivity contribution is 0.276. The van der Waals surface area contributed by atoms with Gasteiger partial charge in [-0.05, 0) is 33.5 Å². The van der Waals surface area contributed by atoms with Crippen molar-refractivity contribution in [2.45, 2.75) is 32.7 Å². The van der Waals surface area contributed by atoms with Crippen molar-refractivity contribution in [2.24, 2.45) is 0 Å². The second kappa shape index (κ2) is 6.62. The molecule has 1 N–H and O–H groups in total. The topological polar surface area (TPSA) is 15.3 Å². The summed E-state index contributed by atoms with van der Waals surface area (Å²) in [7, 11) is 4.28. The predicted molar refractivity (Wildman–Crippen MR) is 50.9 cm³/mol.